The van der Waals surface area contributed by atoms with Gasteiger partial charge in [0.05, 0.1) is 11.9 Å². The molecule has 0 aliphatic rings. The Bertz CT molecular complexity index is 155. The van der Waals surface area contributed by atoms with Crippen molar-refractivity contribution in [1.29, 1.82) is 0 Å². The van der Waals surface area contributed by atoms with Crippen molar-refractivity contribution in [3.8, 4) is 0 Å². The van der Waals surface area contributed by atoms with Crippen molar-refractivity contribution < 1.29 is 19.8 Å². The maximum absolute atomic E-state index is 10.2. The van der Waals surface area contributed by atoms with E-state index < -0.39 is 17.9 Å². The molecular weight excluding hydrogens is 228 g/mol. The van der Waals surface area contributed by atoms with Crippen molar-refractivity contribution >= 4 is 27.9 Å². The van der Waals surface area contributed by atoms with Crippen molar-refractivity contribution in [3.63, 3.8) is 0 Å². The van der Waals surface area contributed by atoms with Gasteiger partial charge in [-0.3, -0.25) is 0 Å². The maximum Gasteiger partial charge on any atom is 0.0501 e. The second-order valence-corrected chi connectivity index (χ2v) is 3.17. The zero-order valence-corrected chi connectivity index (χ0v) is 8.00. The van der Waals surface area contributed by atoms with Crippen LogP contribution in [0.4, 0.5) is 0 Å². The standard InChI is InChI=1S/C7H11BrO4/c8-4-2-1-3-5(6(9)10)7(11)12/h5H,1-4H2,(H,9,10)(H,11,12)/p-2. The molecule has 0 aromatic carbocycles. The third kappa shape index (κ3) is 4.33. The van der Waals surface area contributed by atoms with Crippen LogP contribution in [-0.2, 0) is 9.59 Å². The highest BCUT2D eigenvalue weighted by Crippen LogP contribution is 2.07. The Hall–Kier alpha value is -0.580. The number of carboxylic acid groups (broad SMARTS) is 2. The van der Waals surface area contributed by atoms with E-state index in [1.807, 2.05) is 0 Å². The first-order chi connectivity index (χ1) is 5.59. The Labute approximate surface area is 78.7 Å². The zero-order chi connectivity index (χ0) is 9.56. The Morgan fingerprint density at radius 3 is 2.00 bits per heavy atom. The smallest absolute Gasteiger partial charge is 0.0501 e. The molecule has 0 aromatic rings. The molecule has 70 valence electrons. The Morgan fingerprint density at radius 2 is 1.67 bits per heavy atom. The van der Waals surface area contributed by atoms with Gasteiger partial charge in [0.25, 0.3) is 0 Å². The summed E-state index contributed by atoms with van der Waals surface area (Å²) in [5.74, 6) is -4.60. The highest BCUT2D eigenvalue weighted by Gasteiger charge is 2.09. The van der Waals surface area contributed by atoms with E-state index in [4.69, 9.17) is 0 Å². The van der Waals surface area contributed by atoms with Gasteiger partial charge in [0.1, 0.15) is 0 Å². The fourth-order valence-corrected chi connectivity index (χ4v) is 1.17. The van der Waals surface area contributed by atoms with Crippen molar-refractivity contribution in [2.24, 2.45) is 5.92 Å². The number of hydrogen-bond donors (Lipinski definition) is 0. The fraction of sp³-hybridized carbons (Fsp3) is 0.714. The van der Waals surface area contributed by atoms with Crippen LogP contribution in [0.1, 0.15) is 19.3 Å². The molecular formula is C7H9BrO4-2. The first kappa shape index (κ1) is 11.4. The third-order valence-electron chi connectivity index (χ3n) is 1.45. The van der Waals surface area contributed by atoms with E-state index in [1.165, 1.54) is 0 Å². The first-order valence-corrected chi connectivity index (χ1v) is 4.69. The molecule has 0 rings (SSSR count). The van der Waals surface area contributed by atoms with Gasteiger partial charge < -0.3 is 19.8 Å². The summed E-state index contributed by atoms with van der Waals surface area (Å²) < 4.78 is 0. The van der Waals surface area contributed by atoms with Gasteiger partial charge >= 0.3 is 0 Å². The van der Waals surface area contributed by atoms with E-state index >= 15 is 0 Å². The molecule has 0 aliphatic carbocycles. The summed E-state index contributed by atoms with van der Waals surface area (Å²) in [6, 6.07) is 0. The van der Waals surface area contributed by atoms with Crippen LogP contribution >= 0.6 is 15.9 Å². The average Bonchev–Trinajstić information content (AvgIpc) is 1.96. The van der Waals surface area contributed by atoms with E-state index in [1.54, 1.807) is 0 Å². The first-order valence-electron chi connectivity index (χ1n) is 3.57. The molecule has 0 radical (unpaired) electrons. The number of carbonyl (C=O) groups excluding carboxylic acids is 2. The van der Waals surface area contributed by atoms with Gasteiger partial charge in [-0.25, -0.2) is 0 Å². The second kappa shape index (κ2) is 5.99. The van der Waals surface area contributed by atoms with Gasteiger partial charge in [-0.1, -0.05) is 22.4 Å². The minimum atomic E-state index is -1.57. The molecule has 4 nitrogen and oxygen atoms in total. The van der Waals surface area contributed by atoms with Crippen molar-refractivity contribution in [2.75, 3.05) is 5.33 Å². The lowest BCUT2D eigenvalue weighted by atomic mass is 10.0. The van der Waals surface area contributed by atoms with Crippen molar-refractivity contribution in [1.82, 2.24) is 0 Å². The number of aliphatic carboxylic acids is 2. The predicted molar refractivity (Wildman–Crippen MR) is 41.1 cm³/mol. The quantitative estimate of drug-likeness (QED) is 0.325. The average molecular weight is 237 g/mol. The highest BCUT2D eigenvalue weighted by atomic mass is 79.9. The number of hydrogen-bond acceptors (Lipinski definition) is 4. The maximum atomic E-state index is 10.2. The molecule has 0 unspecified atom stereocenters. The lowest BCUT2D eigenvalue weighted by molar-refractivity contribution is -0.332. The Morgan fingerprint density at radius 1 is 1.17 bits per heavy atom. The van der Waals surface area contributed by atoms with Gasteiger partial charge in [-0.15, -0.1) is 0 Å². The molecule has 0 fully saturated rings. The van der Waals surface area contributed by atoms with Gasteiger partial charge in [-0.2, -0.15) is 0 Å². The van der Waals surface area contributed by atoms with Gasteiger partial charge in [0, 0.05) is 11.2 Å². The Kier molecular flexibility index (Phi) is 5.70. The molecule has 0 spiro atoms. The lowest BCUT2D eigenvalue weighted by Crippen LogP contribution is -2.43. The largest absolute Gasteiger partial charge is 0.549 e. The van der Waals surface area contributed by atoms with Crippen LogP contribution in [-0.4, -0.2) is 17.3 Å². The fourth-order valence-electron chi connectivity index (χ4n) is 0.775. The van der Waals surface area contributed by atoms with Crippen LogP contribution < -0.4 is 10.2 Å². The van der Waals surface area contributed by atoms with Crippen LogP contribution in [0.15, 0.2) is 0 Å². The molecule has 0 saturated heterocycles. The number of unbranched alkanes of at least 4 members (excludes halogenated alkanes) is 1. The molecule has 0 heterocycles. The van der Waals surface area contributed by atoms with E-state index in [-0.39, 0.29) is 6.42 Å². The minimum absolute atomic E-state index is 0.0796. The number of carboxylic acids is 2. The summed E-state index contributed by atoms with van der Waals surface area (Å²) in [7, 11) is 0. The van der Waals surface area contributed by atoms with Crippen molar-refractivity contribution in [2.45, 2.75) is 19.3 Å². The molecule has 0 bridgehead atoms. The van der Waals surface area contributed by atoms with Gasteiger partial charge in [0.2, 0.25) is 0 Å². The Balaban J connectivity index is 3.80. The number of alkyl halides is 1. The van der Waals surface area contributed by atoms with Gasteiger partial charge in [0.15, 0.2) is 0 Å². The molecule has 12 heavy (non-hydrogen) atoms. The number of halogens is 1. The molecule has 0 N–H and O–H groups in total. The lowest BCUT2D eigenvalue weighted by Gasteiger charge is -2.18. The SMILES string of the molecule is O=C([O-])C(CCCCBr)C(=O)[O-]. The van der Waals surface area contributed by atoms with E-state index in [0.29, 0.717) is 6.42 Å². The van der Waals surface area contributed by atoms with Crippen molar-refractivity contribution in [3.05, 3.63) is 0 Å². The molecule has 0 saturated carbocycles. The van der Waals surface area contributed by atoms with E-state index in [0.717, 1.165) is 11.8 Å². The second-order valence-electron chi connectivity index (χ2n) is 2.38. The van der Waals surface area contributed by atoms with Crippen LogP contribution in [0, 0.1) is 5.92 Å². The monoisotopic (exact) mass is 236 g/mol. The van der Waals surface area contributed by atoms with E-state index in [9.17, 15) is 19.8 Å². The van der Waals surface area contributed by atoms with Crippen LogP contribution in [0.3, 0.4) is 0 Å². The summed E-state index contributed by atoms with van der Waals surface area (Å²) in [5.41, 5.74) is 0. The molecule has 0 aliphatic heterocycles. The molecule has 0 amide bonds. The summed E-state index contributed by atoms with van der Waals surface area (Å²) in [6.07, 6.45) is 1.37. The molecule has 0 atom stereocenters. The summed E-state index contributed by atoms with van der Waals surface area (Å²) in [6.45, 7) is 0. The molecule has 5 heteroatoms. The van der Waals surface area contributed by atoms with Crippen LogP contribution in [0.2, 0.25) is 0 Å². The highest BCUT2D eigenvalue weighted by molar-refractivity contribution is 9.09. The summed E-state index contributed by atoms with van der Waals surface area (Å²) in [4.78, 5) is 20.4. The zero-order valence-electron chi connectivity index (χ0n) is 6.42. The molecule has 0 aromatic heterocycles. The topological polar surface area (TPSA) is 80.3 Å². The summed E-state index contributed by atoms with van der Waals surface area (Å²) in [5, 5.41) is 21.1. The minimum Gasteiger partial charge on any atom is -0.549 e. The number of rotatable bonds is 6. The van der Waals surface area contributed by atoms with Gasteiger partial charge in [-0.05, 0) is 12.8 Å². The third-order valence-corrected chi connectivity index (χ3v) is 2.01. The number of carbonyl (C=O) groups is 2. The summed E-state index contributed by atoms with van der Waals surface area (Å²) >= 11 is 3.15. The predicted octanol–water partition coefficient (Wildman–Crippen LogP) is -1.33. The van der Waals surface area contributed by atoms with E-state index in [2.05, 4.69) is 15.9 Å². The van der Waals surface area contributed by atoms with Crippen LogP contribution in [0.5, 0.6) is 0 Å². The normalized spacial score (nSPS) is 10.2. The van der Waals surface area contributed by atoms with Crippen LogP contribution in [0.25, 0.3) is 0 Å².